The maximum Gasteiger partial charge on any atom is 0.219 e. The SMILES string of the molecule is COc1ccc(C(N)CC(N)=O)cc1O. The summed E-state index contributed by atoms with van der Waals surface area (Å²) in [5.74, 6) is -0.113. The van der Waals surface area contributed by atoms with Gasteiger partial charge in [-0.25, -0.2) is 0 Å². The summed E-state index contributed by atoms with van der Waals surface area (Å²) in [5, 5.41) is 9.48. The van der Waals surface area contributed by atoms with E-state index in [0.717, 1.165) is 0 Å². The number of ether oxygens (including phenoxy) is 1. The molecule has 0 bridgehead atoms. The lowest BCUT2D eigenvalue weighted by Crippen LogP contribution is -2.20. The number of phenols is 1. The van der Waals surface area contributed by atoms with Crippen molar-refractivity contribution in [3.8, 4) is 11.5 Å². The van der Waals surface area contributed by atoms with Crippen molar-refractivity contribution in [2.45, 2.75) is 12.5 Å². The van der Waals surface area contributed by atoms with Crippen molar-refractivity contribution in [3.63, 3.8) is 0 Å². The van der Waals surface area contributed by atoms with Gasteiger partial charge in [0.2, 0.25) is 5.91 Å². The Hall–Kier alpha value is -1.75. The highest BCUT2D eigenvalue weighted by Crippen LogP contribution is 2.28. The number of hydrogen-bond donors (Lipinski definition) is 3. The summed E-state index contributed by atoms with van der Waals surface area (Å²) in [6.45, 7) is 0. The Balaban J connectivity index is 2.87. The Morgan fingerprint density at radius 1 is 1.60 bits per heavy atom. The lowest BCUT2D eigenvalue weighted by atomic mass is 10.0. The fraction of sp³-hybridized carbons (Fsp3) is 0.300. The van der Waals surface area contributed by atoms with Crippen LogP contribution in [0.15, 0.2) is 18.2 Å². The summed E-state index contributed by atoms with van der Waals surface area (Å²) in [6.07, 6.45) is 0.0474. The number of hydrogen-bond acceptors (Lipinski definition) is 4. The van der Waals surface area contributed by atoms with Crippen molar-refractivity contribution in [1.82, 2.24) is 0 Å². The smallest absolute Gasteiger partial charge is 0.219 e. The highest BCUT2D eigenvalue weighted by atomic mass is 16.5. The molecule has 0 fully saturated rings. The molecule has 82 valence electrons. The molecule has 0 saturated carbocycles. The quantitative estimate of drug-likeness (QED) is 0.664. The molecule has 5 heteroatoms. The third-order valence-electron chi connectivity index (χ3n) is 2.05. The van der Waals surface area contributed by atoms with Crippen LogP contribution in [0.4, 0.5) is 0 Å². The van der Waals surface area contributed by atoms with E-state index in [-0.39, 0.29) is 12.2 Å². The standard InChI is InChI=1S/C10H14N2O3/c1-15-9-3-2-6(4-8(9)13)7(11)5-10(12)14/h2-4,7,13H,5,11H2,1H3,(H2,12,14). The molecule has 1 rings (SSSR count). The number of amides is 1. The van der Waals surface area contributed by atoms with Gasteiger partial charge < -0.3 is 21.3 Å². The van der Waals surface area contributed by atoms with Gasteiger partial charge in [-0.2, -0.15) is 0 Å². The minimum absolute atomic E-state index is 0.00470. The number of carbonyl (C=O) groups is 1. The second-order valence-electron chi connectivity index (χ2n) is 3.21. The largest absolute Gasteiger partial charge is 0.504 e. The van der Waals surface area contributed by atoms with Gasteiger partial charge in [0, 0.05) is 12.5 Å². The van der Waals surface area contributed by atoms with Crippen LogP contribution in [0.2, 0.25) is 0 Å². The molecule has 0 saturated heterocycles. The zero-order chi connectivity index (χ0) is 11.4. The van der Waals surface area contributed by atoms with Gasteiger partial charge in [0.05, 0.1) is 7.11 Å². The van der Waals surface area contributed by atoms with E-state index >= 15 is 0 Å². The molecule has 1 unspecified atom stereocenters. The van der Waals surface area contributed by atoms with Gasteiger partial charge >= 0.3 is 0 Å². The summed E-state index contributed by atoms with van der Waals surface area (Å²) < 4.78 is 4.88. The second kappa shape index (κ2) is 4.65. The number of benzene rings is 1. The van der Waals surface area contributed by atoms with Crippen LogP contribution in [0.3, 0.4) is 0 Å². The predicted molar refractivity (Wildman–Crippen MR) is 55.4 cm³/mol. The van der Waals surface area contributed by atoms with E-state index in [1.807, 2.05) is 0 Å². The summed E-state index contributed by atoms with van der Waals surface area (Å²) in [7, 11) is 1.46. The Bertz CT molecular complexity index is 366. The fourth-order valence-corrected chi connectivity index (χ4v) is 1.27. The van der Waals surface area contributed by atoms with Gasteiger partial charge in [0.25, 0.3) is 0 Å². The Kier molecular flexibility index (Phi) is 3.51. The number of phenolic OH excluding ortho intramolecular Hbond substituents is 1. The molecule has 5 nitrogen and oxygen atoms in total. The first kappa shape index (κ1) is 11.3. The number of aromatic hydroxyl groups is 1. The van der Waals surface area contributed by atoms with Gasteiger partial charge in [0.1, 0.15) is 0 Å². The molecule has 15 heavy (non-hydrogen) atoms. The fourth-order valence-electron chi connectivity index (χ4n) is 1.27. The molecular formula is C10H14N2O3. The molecule has 0 aliphatic carbocycles. The van der Waals surface area contributed by atoms with Gasteiger partial charge in [-0.15, -0.1) is 0 Å². The molecule has 0 radical (unpaired) electrons. The third kappa shape index (κ3) is 2.85. The zero-order valence-electron chi connectivity index (χ0n) is 8.43. The number of nitrogens with two attached hydrogens (primary N) is 2. The Morgan fingerprint density at radius 2 is 2.27 bits per heavy atom. The first-order valence-corrected chi connectivity index (χ1v) is 4.45. The number of methoxy groups -OCH3 is 1. The molecule has 1 amide bonds. The van der Waals surface area contributed by atoms with E-state index in [9.17, 15) is 9.90 Å². The highest BCUT2D eigenvalue weighted by Gasteiger charge is 2.11. The first-order valence-electron chi connectivity index (χ1n) is 4.45. The molecule has 5 N–H and O–H groups in total. The normalized spacial score (nSPS) is 12.1. The van der Waals surface area contributed by atoms with Crippen molar-refractivity contribution >= 4 is 5.91 Å². The van der Waals surface area contributed by atoms with Crippen molar-refractivity contribution in [1.29, 1.82) is 0 Å². The minimum Gasteiger partial charge on any atom is -0.504 e. The van der Waals surface area contributed by atoms with Crippen LogP contribution >= 0.6 is 0 Å². The summed E-state index contributed by atoms with van der Waals surface area (Å²) in [5.41, 5.74) is 11.4. The van der Waals surface area contributed by atoms with E-state index in [0.29, 0.717) is 11.3 Å². The monoisotopic (exact) mass is 210 g/mol. The van der Waals surface area contributed by atoms with Crippen molar-refractivity contribution < 1.29 is 14.6 Å². The van der Waals surface area contributed by atoms with Crippen molar-refractivity contribution in [2.24, 2.45) is 11.5 Å². The molecule has 0 aromatic heterocycles. The molecule has 1 aromatic rings. The molecule has 0 aliphatic heterocycles. The average Bonchev–Trinajstić information content (AvgIpc) is 2.16. The molecule has 0 aliphatic rings. The van der Waals surface area contributed by atoms with Crippen LogP contribution < -0.4 is 16.2 Å². The topological polar surface area (TPSA) is 98.6 Å². The van der Waals surface area contributed by atoms with E-state index in [1.54, 1.807) is 12.1 Å². The average molecular weight is 210 g/mol. The van der Waals surface area contributed by atoms with Crippen molar-refractivity contribution in [3.05, 3.63) is 23.8 Å². The van der Waals surface area contributed by atoms with Crippen LogP contribution in [-0.2, 0) is 4.79 Å². The maximum atomic E-state index is 10.6. The predicted octanol–water partition coefficient (Wildman–Crippen LogP) is 0.276. The first-order chi connectivity index (χ1) is 7.04. The van der Waals surface area contributed by atoms with Crippen LogP contribution in [0.1, 0.15) is 18.0 Å². The van der Waals surface area contributed by atoms with Crippen LogP contribution in [0, 0.1) is 0 Å². The number of carbonyl (C=O) groups excluding carboxylic acids is 1. The van der Waals surface area contributed by atoms with Crippen molar-refractivity contribution in [2.75, 3.05) is 7.11 Å². The van der Waals surface area contributed by atoms with E-state index in [4.69, 9.17) is 16.2 Å². The van der Waals surface area contributed by atoms with Crippen LogP contribution in [0.25, 0.3) is 0 Å². The lowest BCUT2D eigenvalue weighted by molar-refractivity contribution is -0.118. The summed E-state index contributed by atoms with van der Waals surface area (Å²) in [4.78, 5) is 10.6. The minimum atomic E-state index is -0.501. The number of rotatable bonds is 4. The molecule has 0 heterocycles. The third-order valence-corrected chi connectivity index (χ3v) is 2.05. The molecule has 0 spiro atoms. The Morgan fingerprint density at radius 3 is 2.73 bits per heavy atom. The molecule has 1 aromatic carbocycles. The summed E-state index contributed by atoms with van der Waals surface area (Å²) in [6, 6.07) is 4.24. The maximum absolute atomic E-state index is 10.6. The highest BCUT2D eigenvalue weighted by molar-refractivity contribution is 5.74. The van der Waals surface area contributed by atoms with Gasteiger partial charge in [-0.3, -0.25) is 4.79 Å². The van der Waals surface area contributed by atoms with E-state index in [2.05, 4.69) is 0 Å². The Labute approximate surface area is 87.6 Å². The zero-order valence-corrected chi connectivity index (χ0v) is 8.43. The van der Waals surface area contributed by atoms with Crippen LogP contribution in [-0.4, -0.2) is 18.1 Å². The van der Waals surface area contributed by atoms with E-state index in [1.165, 1.54) is 13.2 Å². The van der Waals surface area contributed by atoms with E-state index < -0.39 is 11.9 Å². The second-order valence-corrected chi connectivity index (χ2v) is 3.21. The molecular weight excluding hydrogens is 196 g/mol. The summed E-state index contributed by atoms with van der Waals surface area (Å²) >= 11 is 0. The molecule has 1 atom stereocenters. The van der Waals surface area contributed by atoms with Crippen LogP contribution in [0.5, 0.6) is 11.5 Å². The van der Waals surface area contributed by atoms with Gasteiger partial charge in [0.15, 0.2) is 11.5 Å². The lowest BCUT2D eigenvalue weighted by Gasteiger charge is -2.11. The number of primary amides is 1. The van der Waals surface area contributed by atoms with Gasteiger partial charge in [-0.05, 0) is 17.7 Å². The van der Waals surface area contributed by atoms with Gasteiger partial charge in [-0.1, -0.05) is 6.07 Å².